The van der Waals surface area contributed by atoms with Crippen molar-refractivity contribution in [3.8, 4) is 0 Å². The maximum atomic E-state index is 12.2. The minimum atomic E-state index is 0.158. The fourth-order valence-corrected chi connectivity index (χ4v) is 3.39. The van der Waals surface area contributed by atoms with Gasteiger partial charge < -0.3 is 10.6 Å². The van der Waals surface area contributed by atoms with Crippen molar-refractivity contribution < 1.29 is 4.79 Å². The molecule has 0 saturated heterocycles. The van der Waals surface area contributed by atoms with Crippen molar-refractivity contribution in [1.82, 2.24) is 9.88 Å². The predicted octanol–water partition coefficient (Wildman–Crippen LogP) is 2.70. The van der Waals surface area contributed by atoms with Crippen LogP contribution in [-0.2, 0) is 11.2 Å². The van der Waals surface area contributed by atoms with Crippen LogP contribution >= 0.6 is 11.3 Å². The smallest absolute Gasteiger partial charge is 0.228 e. The van der Waals surface area contributed by atoms with E-state index < -0.39 is 0 Å². The molecule has 0 unspecified atom stereocenters. The molecule has 4 nitrogen and oxygen atoms in total. The van der Waals surface area contributed by atoms with E-state index in [0.717, 1.165) is 24.5 Å². The largest absolute Gasteiger partial charge is 0.375 e. The summed E-state index contributed by atoms with van der Waals surface area (Å²) >= 11 is 1.39. The van der Waals surface area contributed by atoms with E-state index >= 15 is 0 Å². The second kappa shape index (κ2) is 6.37. The van der Waals surface area contributed by atoms with E-state index in [2.05, 4.69) is 11.9 Å². The maximum Gasteiger partial charge on any atom is 0.228 e. The van der Waals surface area contributed by atoms with Gasteiger partial charge in [-0.05, 0) is 31.6 Å². The van der Waals surface area contributed by atoms with Crippen LogP contribution in [0.25, 0.3) is 0 Å². The van der Waals surface area contributed by atoms with Crippen LogP contribution in [0.3, 0.4) is 0 Å². The molecular formula is C14H23N3OS. The molecule has 1 amide bonds. The number of nitrogens with zero attached hydrogens (tertiary/aromatic N) is 2. The van der Waals surface area contributed by atoms with Crippen LogP contribution in [0.15, 0.2) is 5.38 Å². The van der Waals surface area contributed by atoms with Gasteiger partial charge in [-0.1, -0.05) is 13.3 Å². The Kier molecular flexibility index (Phi) is 4.80. The van der Waals surface area contributed by atoms with Crippen LogP contribution in [0, 0.1) is 5.92 Å². The molecule has 1 aromatic rings. The molecule has 0 aromatic carbocycles. The normalized spacial score (nSPS) is 23.3. The molecule has 106 valence electrons. The summed E-state index contributed by atoms with van der Waals surface area (Å²) < 4.78 is 0. The third-order valence-electron chi connectivity index (χ3n) is 4.24. The first kappa shape index (κ1) is 14.3. The number of anilines is 1. The van der Waals surface area contributed by atoms with Gasteiger partial charge in [-0.3, -0.25) is 4.79 Å². The molecular weight excluding hydrogens is 258 g/mol. The van der Waals surface area contributed by atoms with Gasteiger partial charge in [-0.15, -0.1) is 11.3 Å². The van der Waals surface area contributed by atoms with Crippen LogP contribution < -0.4 is 5.73 Å². The van der Waals surface area contributed by atoms with E-state index in [0.29, 0.717) is 17.6 Å². The van der Waals surface area contributed by atoms with Crippen molar-refractivity contribution in [3.63, 3.8) is 0 Å². The Hall–Kier alpha value is -1.10. The molecule has 0 radical (unpaired) electrons. The van der Waals surface area contributed by atoms with Gasteiger partial charge in [0.1, 0.15) is 0 Å². The molecule has 0 spiro atoms. The lowest BCUT2D eigenvalue weighted by atomic mass is 9.84. The fraction of sp³-hybridized carbons (Fsp3) is 0.714. The summed E-state index contributed by atoms with van der Waals surface area (Å²) in [4.78, 5) is 18.3. The third-order valence-corrected chi connectivity index (χ3v) is 4.96. The van der Waals surface area contributed by atoms with Crippen molar-refractivity contribution in [2.24, 2.45) is 5.92 Å². The molecule has 2 rings (SSSR count). The maximum absolute atomic E-state index is 12.2. The Morgan fingerprint density at radius 3 is 2.68 bits per heavy atom. The Morgan fingerprint density at radius 2 is 2.16 bits per heavy atom. The first-order chi connectivity index (χ1) is 9.10. The van der Waals surface area contributed by atoms with Crippen molar-refractivity contribution in [3.05, 3.63) is 11.1 Å². The molecule has 1 aliphatic carbocycles. The standard InChI is InChI=1S/C14H23N3OS/c1-3-10-4-6-12(7-5-10)17(2)13(18)8-11-9-19-14(15)16-11/h9-10,12H,3-8H2,1-2H3,(H2,15,16). The number of likely N-dealkylation sites (N-methyl/N-ethyl adjacent to an activating group) is 1. The number of nitrogens with two attached hydrogens (primary N) is 1. The van der Waals surface area contributed by atoms with E-state index in [1.165, 1.54) is 30.6 Å². The SMILES string of the molecule is CCC1CCC(N(C)C(=O)Cc2csc(N)n2)CC1. The van der Waals surface area contributed by atoms with Crippen molar-refractivity contribution >= 4 is 22.4 Å². The van der Waals surface area contributed by atoms with Crippen molar-refractivity contribution in [2.75, 3.05) is 12.8 Å². The first-order valence-corrected chi connectivity index (χ1v) is 7.93. The van der Waals surface area contributed by atoms with Crippen molar-refractivity contribution in [2.45, 2.75) is 51.5 Å². The molecule has 0 atom stereocenters. The molecule has 1 aromatic heterocycles. The highest BCUT2D eigenvalue weighted by Crippen LogP contribution is 2.29. The molecule has 1 saturated carbocycles. The van der Waals surface area contributed by atoms with Gasteiger partial charge in [0.25, 0.3) is 0 Å². The zero-order valence-corrected chi connectivity index (χ0v) is 12.6. The Bertz CT molecular complexity index is 424. The Labute approximate surface area is 119 Å². The van der Waals surface area contributed by atoms with Crippen LogP contribution in [0.2, 0.25) is 0 Å². The number of aromatic nitrogens is 1. The summed E-state index contributed by atoms with van der Waals surface area (Å²) in [5, 5.41) is 2.41. The molecule has 0 bridgehead atoms. The average Bonchev–Trinajstić information content (AvgIpc) is 2.83. The summed E-state index contributed by atoms with van der Waals surface area (Å²) in [6, 6.07) is 0.409. The molecule has 19 heavy (non-hydrogen) atoms. The van der Waals surface area contributed by atoms with E-state index in [-0.39, 0.29) is 5.91 Å². The molecule has 1 heterocycles. The second-order valence-corrected chi connectivity index (χ2v) is 6.33. The fourth-order valence-electron chi connectivity index (χ4n) is 2.83. The van der Waals surface area contributed by atoms with Gasteiger partial charge in [0.15, 0.2) is 5.13 Å². The van der Waals surface area contributed by atoms with Gasteiger partial charge >= 0.3 is 0 Å². The van der Waals surface area contributed by atoms with E-state index in [9.17, 15) is 4.79 Å². The van der Waals surface area contributed by atoms with E-state index in [4.69, 9.17) is 5.73 Å². The van der Waals surface area contributed by atoms with Gasteiger partial charge in [-0.2, -0.15) is 0 Å². The van der Waals surface area contributed by atoms with Crippen LogP contribution in [0.1, 0.15) is 44.7 Å². The summed E-state index contributed by atoms with van der Waals surface area (Å²) in [5.41, 5.74) is 6.38. The lowest BCUT2D eigenvalue weighted by Crippen LogP contribution is -2.40. The number of nitrogen functional groups attached to an aromatic ring is 1. The number of rotatable bonds is 4. The zero-order valence-electron chi connectivity index (χ0n) is 11.8. The number of hydrogen-bond acceptors (Lipinski definition) is 4. The van der Waals surface area contributed by atoms with Crippen LogP contribution in [0.4, 0.5) is 5.13 Å². The molecule has 2 N–H and O–H groups in total. The third kappa shape index (κ3) is 3.69. The summed E-state index contributed by atoms with van der Waals surface area (Å²) in [7, 11) is 1.93. The predicted molar refractivity (Wildman–Crippen MR) is 79.0 cm³/mol. The Balaban J connectivity index is 1.85. The summed E-state index contributed by atoms with van der Waals surface area (Å²) in [5.74, 6) is 1.02. The quantitative estimate of drug-likeness (QED) is 0.923. The molecule has 5 heteroatoms. The van der Waals surface area contributed by atoms with Gasteiger partial charge in [0.2, 0.25) is 5.91 Å². The summed E-state index contributed by atoms with van der Waals surface area (Å²) in [6.45, 7) is 2.26. The first-order valence-electron chi connectivity index (χ1n) is 7.05. The second-order valence-electron chi connectivity index (χ2n) is 5.44. The highest BCUT2D eigenvalue weighted by atomic mass is 32.1. The highest BCUT2D eigenvalue weighted by Gasteiger charge is 2.25. The molecule has 1 aliphatic rings. The number of thiazole rings is 1. The van der Waals surface area contributed by atoms with E-state index in [1.807, 2.05) is 17.3 Å². The van der Waals surface area contributed by atoms with Crippen LogP contribution in [0.5, 0.6) is 0 Å². The van der Waals surface area contributed by atoms with Gasteiger partial charge in [-0.25, -0.2) is 4.98 Å². The lowest BCUT2D eigenvalue weighted by Gasteiger charge is -2.34. The number of amides is 1. The highest BCUT2D eigenvalue weighted by molar-refractivity contribution is 7.13. The topological polar surface area (TPSA) is 59.2 Å². The van der Waals surface area contributed by atoms with Crippen LogP contribution in [-0.4, -0.2) is 28.9 Å². The van der Waals surface area contributed by atoms with E-state index in [1.54, 1.807) is 0 Å². The van der Waals surface area contributed by atoms with Crippen molar-refractivity contribution in [1.29, 1.82) is 0 Å². The molecule has 0 aliphatic heterocycles. The van der Waals surface area contributed by atoms with Gasteiger partial charge in [0.05, 0.1) is 12.1 Å². The Morgan fingerprint density at radius 1 is 1.47 bits per heavy atom. The summed E-state index contributed by atoms with van der Waals surface area (Å²) in [6.07, 6.45) is 6.42. The lowest BCUT2D eigenvalue weighted by molar-refractivity contribution is -0.132. The van der Waals surface area contributed by atoms with Gasteiger partial charge in [0, 0.05) is 18.5 Å². The monoisotopic (exact) mass is 281 g/mol. The number of hydrogen-bond donors (Lipinski definition) is 1. The zero-order chi connectivity index (χ0) is 13.8. The number of carbonyl (C=O) groups excluding carboxylic acids is 1. The number of carbonyl (C=O) groups is 1. The minimum absolute atomic E-state index is 0.158. The molecule has 1 fully saturated rings. The average molecular weight is 281 g/mol. The minimum Gasteiger partial charge on any atom is -0.375 e.